The molecule has 39 heavy (non-hydrogen) atoms. The van der Waals surface area contributed by atoms with Crippen LogP contribution in [0.4, 0.5) is 5.69 Å². The summed E-state index contributed by atoms with van der Waals surface area (Å²) in [6.45, 7) is 14.6. The van der Waals surface area contributed by atoms with Crippen molar-refractivity contribution in [1.82, 2.24) is 0 Å². The van der Waals surface area contributed by atoms with Crippen LogP contribution >= 0.6 is 0 Å². The first-order chi connectivity index (χ1) is 18.7. The number of benzene rings is 3. The van der Waals surface area contributed by atoms with Gasteiger partial charge in [-0.3, -0.25) is 4.99 Å². The molecule has 1 aliphatic carbocycles. The third-order valence-corrected chi connectivity index (χ3v) is 6.39. The lowest BCUT2D eigenvalue weighted by Crippen LogP contribution is -2.15. The Morgan fingerprint density at radius 1 is 0.974 bits per heavy atom. The Hall–Kier alpha value is -4.39. The van der Waals surface area contributed by atoms with Crippen LogP contribution in [0.5, 0.6) is 0 Å². The van der Waals surface area contributed by atoms with E-state index in [1.54, 1.807) is 19.1 Å². The van der Waals surface area contributed by atoms with Crippen molar-refractivity contribution in [2.45, 2.75) is 34.6 Å². The number of carbonyl (C=O) groups is 2. The van der Waals surface area contributed by atoms with Crippen LogP contribution in [-0.4, -0.2) is 38.2 Å². The molecule has 0 saturated carbocycles. The van der Waals surface area contributed by atoms with E-state index in [1.165, 1.54) is 0 Å². The van der Waals surface area contributed by atoms with Crippen molar-refractivity contribution in [1.29, 1.82) is 0 Å². The van der Waals surface area contributed by atoms with Crippen LogP contribution < -0.4 is 10.7 Å². The van der Waals surface area contributed by atoms with Crippen molar-refractivity contribution in [3.8, 4) is 22.5 Å². The molecule has 0 amide bonds. The summed E-state index contributed by atoms with van der Waals surface area (Å²) in [6.07, 6.45) is 0. The fraction of sp³-hybridized carbons (Fsp3) is 0.281. The number of carbonyl (C=O) groups excluding carboxylic acids is 2. The summed E-state index contributed by atoms with van der Waals surface area (Å²) in [5, 5.41) is 5.15. The summed E-state index contributed by atoms with van der Waals surface area (Å²) in [7, 11) is 0. The molecule has 0 radical (unpaired) electrons. The molecule has 7 heteroatoms. The van der Waals surface area contributed by atoms with Gasteiger partial charge in [0.25, 0.3) is 0 Å². The highest BCUT2D eigenvalue weighted by Crippen LogP contribution is 2.43. The Morgan fingerprint density at radius 3 is 2.44 bits per heavy atom. The third kappa shape index (κ3) is 5.87. The van der Waals surface area contributed by atoms with Gasteiger partial charge in [0.1, 0.15) is 24.6 Å². The van der Waals surface area contributed by atoms with E-state index < -0.39 is 11.9 Å². The molecule has 0 fully saturated rings. The highest BCUT2D eigenvalue weighted by molar-refractivity contribution is 6.08. The van der Waals surface area contributed by atoms with Crippen molar-refractivity contribution in [3.05, 3.63) is 82.7 Å². The van der Waals surface area contributed by atoms with Crippen LogP contribution in [-0.2, 0) is 14.3 Å². The molecule has 1 heterocycles. The minimum atomic E-state index is -0.519. The van der Waals surface area contributed by atoms with Gasteiger partial charge in [-0.25, -0.2) is 9.59 Å². The topological polar surface area (TPSA) is 90.1 Å². The Kier molecular flexibility index (Phi) is 8.49. The zero-order chi connectivity index (χ0) is 28.1. The minimum Gasteiger partial charge on any atom is -0.459 e. The largest absolute Gasteiger partial charge is 0.459 e. The highest BCUT2D eigenvalue weighted by atomic mass is 16.6. The number of aryl methyl sites for hydroxylation is 2. The number of nitrogens with zero attached hydrogens (tertiary/aromatic N) is 1. The molecule has 2 aromatic carbocycles. The number of esters is 2. The van der Waals surface area contributed by atoms with Gasteiger partial charge in [0.15, 0.2) is 0 Å². The Bertz CT molecular complexity index is 1600. The zero-order valence-corrected chi connectivity index (χ0v) is 23.1. The molecule has 0 atom stereocenters. The van der Waals surface area contributed by atoms with Crippen LogP contribution in [0.15, 0.2) is 70.1 Å². The first-order valence-electron chi connectivity index (χ1n) is 13.1. The van der Waals surface area contributed by atoms with E-state index >= 15 is 0 Å². The molecule has 1 N–H and O–H groups in total. The van der Waals surface area contributed by atoms with Gasteiger partial charge < -0.3 is 19.2 Å². The molecule has 0 aromatic heterocycles. The summed E-state index contributed by atoms with van der Waals surface area (Å²) in [5.41, 5.74) is 6.94. The van der Waals surface area contributed by atoms with Crippen LogP contribution in [0.2, 0.25) is 0 Å². The maximum atomic E-state index is 13.3. The van der Waals surface area contributed by atoms with Gasteiger partial charge >= 0.3 is 11.9 Å². The second kappa shape index (κ2) is 12.0. The number of hydrogen-bond donors (Lipinski definition) is 1. The van der Waals surface area contributed by atoms with Crippen molar-refractivity contribution in [2.75, 3.05) is 31.6 Å². The van der Waals surface area contributed by atoms with E-state index in [-0.39, 0.29) is 18.8 Å². The van der Waals surface area contributed by atoms with Crippen LogP contribution in [0.25, 0.3) is 33.4 Å². The predicted molar refractivity (Wildman–Crippen MR) is 154 cm³/mol. The lowest BCUT2D eigenvalue weighted by Gasteiger charge is -2.19. The molecular formula is C32H34N2O5. The third-order valence-electron chi connectivity index (χ3n) is 6.39. The first kappa shape index (κ1) is 27.6. The molecule has 2 aromatic rings. The molecule has 0 unspecified atom stereocenters. The van der Waals surface area contributed by atoms with Gasteiger partial charge in [-0.15, -0.1) is 0 Å². The van der Waals surface area contributed by atoms with Crippen LogP contribution in [0.3, 0.4) is 0 Å². The van der Waals surface area contributed by atoms with Crippen LogP contribution in [0.1, 0.15) is 42.3 Å². The lowest BCUT2D eigenvalue weighted by molar-refractivity contribution is -0.140. The smallest absolute Gasteiger partial charge is 0.338 e. The number of rotatable bonds is 9. The monoisotopic (exact) mass is 526 g/mol. The normalized spacial score (nSPS) is 11.6. The summed E-state index contributed by atoms with van der Waals surface area (Å²) in [6, 6.07) is 15.5. The average molecular weight is 527 g/mol. The van der Waals surface area contributed by atoms with E-state index in [0.717, 1.165) is 50.8 Å². The summed E-state index contributed by atoms with van der Waals surface area (Å²) in [4.78, 5) is 29.5. The SMILES string of the molecule is C=C(C)C(=O)OCCOC(=O)c1ccccc1-c1c2cc(C)/c(=N/CC)cc-2oc2cc(NCC)c(C)cc12. The number of anilines is 1. The maximum absolute atomic E-state index is 13.3. The Labute approximate surface area is 228 Å². The van der Waals surface area contributed by atoms with Gasteiger partial charge in [-0.05, 0) is 69.5 Å². The fourth-order valence-electron chi connectivity index (χ4n) is 4.55. The molecule has 2 aliphatic rings. The Morgan fingerprint density at radius 2 is 1.72 bits per heavy atom. The molecule has 1 aliphatic heterocycles. The van der Waals surface area contributed by atoms with Crippen molar-refractivity contribution >= 4 is 28.6 Å². The number of fused-ring (bicyclic) bond motifs is 2. The molecule has 4 rings (SSSR count). The second-order valence-corrected chi connectivity index (χ2v) is 9.38. The number of nitrogens with one attached hydrogen (secondary N) is 1. The molecule has 7 nitrogen and oxygen atoms in total. The predicted octanol–water partition coefficient (Wildman–Crippen LogP) is 6.45. The van der Waals surface area contributed by atoms with Gasteiger partial charge in [-0.2, -0.15) is 0 Å². The minimum absolute atomic E-state index is 0.0506. The van der Waals surface area contributed by atoms with Crippen LogP contribution in [0, 0.1) is 13.8 Å². The van der Waals surface area contributed by atoms with E-state index in [2.05, 4.69) is 35.9 Å². The number of ether oxygens (including phenoxy) is 2. The van der Waals surface area contributed by atoms with Gasteiger partial charge in [0, 0.05) is 53.0 Å². The average Bonchev–Trinajstić information content (AvgIpc) is 2.91. The van der Waals surface area contributed by atoms with E-state index in [4.69, 9.17) is 13.9 Å². The molecular weight excluding hydrogens is 492 g/mol. The summed E-state index contributed by atoms with van der Waals surface area (Å²) < 4.78 is 17.0. The number of hydrogen-bond acceptors (Lipinski definition) is 7. The summed E-state index contributed by atoms with van der Waals surface area (Å²) >= 11 is 0. The fourth-order valence-corrected chi connectivity index (χ4v) is 4.55. The van der Waals surface area contributed by atoms with Gasteiger partial charge in [0.05, 0.1) is 10.9 Å². The Balaban J connectivity index is 1.88. The molecule has 0 saturated heterocycles. The molecule has 202 valence electrons. The van der Waals surface area contributed by atoms with E-state index in [9.17, 15) is 9.59 Å². The highest BCUT2D eigenvalue weighted by Gasteiger charge is 2.23. The van der Waals surface area contributed by atoms with E-state index in [1.807, 2.05) is 45.0 Å². The first-order valence-corrected chi connectivity index (χ1v) is 13.1. The van der Waals surface area contributed by atoms with Crippen molar-refractivity contribution < 1.29 is 23.5 Å². The summed E-state index contributed by atoms with van der Waals surface area (Å²) in [5.74, 6) is -0.347. The van der Waals surface area contributed by atoms with Gasteiger partial charge in [0.2, 0.25) is 0 Å². The standard InChI is InChI=1S/C32H34N2O5/c1-7-33-26-17-28-24(15-20(26)5)30(25-16-21(6)27(34-8-2)18-29(25)39-28)22-11-9-10-12-23(22)32(36)38-14-13-37-31(35)19(3)4/h9-12,15-18,33H,3,7-8,13-14H2,1-2,4-6H3/b34-27+. The van der Waals surface area contributed by atoms with Crippen molar-refractivity contribution in [2.24, 2.45) is 4.99 Å². The molecule has 0 bridgehead atoms. The van der Waals surface area contributed by atoms with E-state index in [0.29, 0.717) is 23.5 Å². The van der Waals surface area contributed by atoms with Gasteiger partial charge in [-0.1, -0.05) is 24.8 Å². The lowest BCUT2D eigenvalue weighted by atomic mass is 9.89. The van der Waals surface area contributed by atoms with Crippen molar-refractivity contribution in [3.63, 3.8) is 0 Å². The zero-order valence-electron chi connectivity index (χ0n) is 23.1. The quantitative estimate of drug-likeness (QED) is 0.117. The second-order valence-electron chi connectivity index (χ2n) is 9.38. The molecule has 0 spiro atoms. The maximum Gasteiger partial charge on any atom is 0.338 e.